The largest absolute Gasteiger partial charge is 0.493 e. The lowest BCUT2D eigenvalue weighted by Gasteiger charge is -2.12. The highest BCUT2D eigenvalue weighted by Crippen LogP contribution is 2.36. The number of anilines is 1. The van der Waals surface area contributed by atoms with Crippen molar-refractivity contribution in [3.8, 4) is 11.5 Å². The van der Waals surface area contributed by atoms with Gasteiger partial charge in [-0.1, -0.05) is 18.3 Å². The van der Waals surface area contributed by atoms with Crippen molar-refractivity contribution in [1.29, 1.82) is 0 Å². The standard InChI is InChI=1S/C15H18BrN3O3S/c1-4-6-12-18-19-15(23-12)17-14(20)9-7-10(16)13(22-5-2)11(8-9)21-3/h7-8H,4-6H2,1-3H3,(H,17,19,20). The molecule has 0 saturated carbocycles. The summed E-state index contributed by atoms with van der Waals surface area (Å²) in [7, 11) is 1.54. The predicted molar refractivity (Wildman–Crippen MR) is 93.7 cm³/mol. The molecular weight excluding hydrogens is 382 g/mol. The van der Waals surface area contributed by atoms with Crippen LogP contribution in [0.3, 0.4) is 0 Å². The summed E-state index contributed by atoms with van der Waals surface area (Å²) in [6.45, 7) is 4.46. The summed E-state index contributed by atoms with van der Waals surface area (Å²) in [6.07, 6.45) is 1.85. The molecule has 1 aromatic carbocycles. The fourth-order valence-electron chi connectivity index (χ4n) is 1.92. The Hall–Kier alpha value is -1.67. The van der Waals surface area contributed by atoms with Crippen molar-refractivity contribution in [3.63, 3.8) is 0 Å². The van der Waals surface area contributed by atoms with Crippen LogP contribution in [0.25, 0.3) is 0 Å². The second-order valence-corrected chi connectivity index (χ2v) is 6.54. The zero-order valence-corrected chi connectivity index (χ0v) is 15.6. The summed E-state index contributed by atoms with van der Waals surface area (Å²) in [6, 6.07) is 3.33. The van der Waals surface area contributed by atoms with E-state index in [1.807, 2.05) is 6.92 Å². The third-order valence-corrected chi connectivity index (χ3v) is 4.42. The predicted octanol–water partition coefficient (Wildman–Crippen LogP) is 3.91. The summed E-state index contributed by atoms with van der Waals surface area (Å²) < 4.78 is 11.5. The third-order valence-electron chi connectivity index (χ3n) is 2.93. The van der Waals surface area contributed by atoms with Crippen LogP contribution in [0.2, 0.25) is 0 Å². The van der Waals surface area contributed by atoms with Gasteiger partial charge in [-0.3, -0.25) is 10.1 Å². The highest BCUT2D eigenvalue weighted by Gasteiger charge is 2.16. The van der Waals surface area contributed by atoms with Crippen LogP contribution in [-0.4, -0.2) is 29.8 Å². The Balaban J connectivity index is 2.19. The number of hydrogen-bond acceptors (Lipinski definition) is 6. The fraction of sp³-hybridized carbons (Fsp3) is 0.400. The molecule has 0 unspecified atom stereocenters. The van der Waals surface area contributed by atoms with Crippen LogP contribution in [0, 0.1) is 0 Å². The molecule has 0 radical (unpaired) electrons. The molecule has 1 aromatic heterocycles. The first-order chi connectivity index (χ1) is 11.1. The van der Waals surface area contributed by atoms with Crippen LogP contribution in [0.5, 0.6) is 11.5 Å². The topological polar surface area (TPSA) is 73.3 Å². The summed E-state index contributed by atoms with van der Waals surface area (Å²) in [5, 5.41) is 12.2. The van der Waals surface area contributed by atoms with Gasteiger partial charge in [-0.2, -0.15) is 0 Å². The number of hydrogen-bond donors (Lipinski definition) is 1. The van der Waals surface area contributed by atoms with Crippen molar-refractivity contribution in [2.45, 2.75) is 26.7 Å². The van der Waals surface area contributed by atoms with Crippen LogP contribution < -0.4 is 14.8 Å². The quantitative estimate of drug-likeness (QED) is 0.763. The Morgan fingerprint density at radius 2 is 2.13 bits per heavy atom. The van der Waals surface area contributed by atoms with E-state index in [9.17, 15) is 4.79 Å². The van der Waals surface area contributed by atoms with Gasteiger partial charge in [-0.15, -0.1) is 10.2 Å². The molecule has 0 spiro atoms. The van der Waals surface area contributed by atoms with Gasteiger partial charge in [-0.05, 0) is 41.4 Å². The average molecular weight is 400 g/mol. The molecule has 23 heavy (non-hydrogen) atoms. The van der Waals surface area contributed by atoms with Crippen LogP contribution in [-0.2, 0) is 6.42 Å². The molecule has 0 atom stereocenters. The maximum Gasteiger partial charge on any atom is 0.257 e. The molecular formula is C15H18BrN3O3S. The Morgan fingerprint density at radius 1 is 1.35 bits per heavy atom. The van der Waals surface area contributed by atoms with Gasteiger partial charge in [0.25, 0.3) is 5.91 Å². The Morgan fingerprint density at radius 3 is 2.78 bits per heavy atom. The van der Waals surface area contributed by atoms with E-state index >= 15 is 0 Å². The first kappa shape index (κ1) is 17.7. The number of nitrogens with zero attached hydrogens (tertiary/aromatic N) is 2. The number of ether oxygens (including phenoxy) is 2. The molecule has 2 aromatic rings. The SMILES string of the molecule is CCCc1nnc(NC(=O)c2cc(Br)c(OCC)c(OC)c2)s1. The smallest absolute Gasteiger partial charge is 0.257 e. The van der Waals surface area contributed by atoms with Gasteiger partial charge in [0.05, 0.1) is 18.2 Å². The van der Waals surface area contributed by atoms with Crippen LogP contribution in [0.4, 0.5) is 5.13 Å². The lowest BCUT2D eigenvalue weighted by atomic mass is 10.2. The zero-order valence-electron chi connectivity index (χ0n) is 13.2. The molecule has 1 N–H and O–H groups in total. The molecule has 124 valence electrons. The highest BCUT2D eigenvalue weighted by atomic mass is 79.9. The molecule has 0 saturated heterocycles. The molecule has 2 rings (SSSR count). The highest BCUT2D eigenvalue weighted by molar-refractivity contribution is 9.10. The molecule has 0 bridgehead atoms. The maximum atomic E-state index is 12.4. The number of rotatable bonds is 7. The number of methoxy groups -OCH3 is 1. The van der Waals surface area contributed by atoms with E-state index in [1.165, 1.54) is 18.4 Å². The minimum Gasteiger partial charge on any atom is -0.493 e. The van der Waals surface area contributed by atoms with E-state index in [-0.39, 0.29) is 5.91 Å². The van der Waals surface area contributed by atoms with E-state index in [1.54, 1.807) is 12.1 Å². The summed E-state index contributed by atoms with van der Waals surface area (Å²) >= 11 is 4.79. The summed E-state index contributed by atoms with van der Waals surface area (Å²) in [5.74, 6) is 0.800. The molecule has 1 heterocycles. The number of aryl methyl sites for hydroxylation is 1. The lowest BCUT2D eigenvalue weighted by molar-refractivity contribution is 0.102. The number of nitrogens with one attached hydrogen (secondary N) is 1. The van der Waals surface area contributed by atoms with Crippen LogP contribution in [0.15, 0.2) is 16.6 Å². The van der Waals surface area contributed by atoms with Crippen molar-refractivity contribution >= 4 is 38.3 Å². The van der Waals surface area contributed by atoms with Crippen LogP contribution in [0.1, 0.15) is 35.6 Å². The average Bonchev–Trinajstić information content (AvgIpc) is 2.96. The van der Waals surface area contributed by atoms with E-state index in [0.717, 1.165) is 17.8 Å². The molecule has 1 amide bonds. The van der Waals surface area contributed by atoms with Gasteiger partial charge >= 0.3 is 0 Å². The normalized spacial score (nSPS) is 10.4. The first-order valence-corrected chi connectivity index (χ1v) is 8.84. The number of amides is 1. The van der Waals surface area contributed by atoms with Crippen molar-refractivity contribution in [2.24, 2.45) is 0 Å². The number of carbonyl (C=O) groups is 1. The molecule has 0 fully saturated rings. The van der Waals surface area contributed by atoms with Crippen molar-refractivity contribution < 1.29 is 14.3 Å². The van der Waals surface area contributed by atoms with E-state index in [2.05, 4.69) is 38.4 Å². The minimum atomic E-state index is -0.272. The molecule has 8 heteroatoms. The van der Waals surface area contributed by atoms with Crippen molar-refractivity contribution in [2.75, 3.05) is 19.0 Å². The fourth-order valence-corrected chi connectivity index (χ4v) is 3.32. The summed E-state index contributed by atoms with van der Waals surface area (Å²) in [5.41, 5.74) is 0.449. The molecule has 0 aliphatic rings. The number of halogens is 1. The Labute approximate surface area is 147 Å². The molecule has 0 aliphatic heterocycles. The van der Waals surface area contributed by atoms with Crippen molar-refractivity contribution in [1.82, 2.24) is 10.2 Å². The second-order valence-electron chi connectivity index (χ2n) is 4.63. The van der Waals surface area contributed by atoms with Gasteiger partial charge in [-0.25, -0.2) is 0 Å². The van der Waals surface area contributed by atoms with E-state index in [4.69, 9.17) is 9.47 Å². The number of carbonyl (C=O) groups excluding carboxylic acids is 1. The van der Waals surface area contributed by atoms with E-state index in [0.29, 0.717) is 33.3 Å². The number of benzene rings is 1. The van der Waals surface area contributed by atoms with Gasteiger partial charge in [0, 0.05) is 12.0 Å². The third kappa shape index (κ3) is 4.42. The first-order valence-electron chi connectivity index (χ1n) is 7.23. The van der Waals surface area contributed by atoms with Crippen molar-refractivity contribution in [3.05, 3.63) is 27.2 Å². The van der Waals surface area contributed by atoms with Gasteiger partial charge in [0.15, 0.2) is 11.5 Å². The number of aromatic nitrogens is 2. The Kier molecular flexibility index (Phi) is 6.35. The Bertz CT molecular complexity index is 691. The van der Waals surface area contributed by atoms with Gasteiger partial charge in [0.1, 0.15) is 5.01 Å². The molecule has 6 nitrogen and oxygen atoms in total. The molecule has 0 aliphatic carbocycles. The van der Waals surface area contributed by atoms with Gasteiger partial charge < -0.3 is 9.47 Å². The second kappa shape index (κ2) is 8.26. The minimum absolute atomic E-state index is 0.272. The van der Waals surface area contributed by atoms with Crippen LogP contribution >= 0.6 is 27.3 Å². The van der Waals surface area contributed by atoms with Gasteiger partial charge in [0.2, 0.25) is 5.13 Å². The monoisotopic (exact) mass is 399 g/mol. The summed E-state index contributed by atoms with van der Waals surface area (Å²) in [4.78, 5) is 12.4. The maximum absolute atomic E-state index is 12.4. The van der Waals surface area contributed by atoms with E-state index < -0.39 is 0 Å². The lowest BCUT2D eigenvalue weighted by Crippen LogP contribution is -2.12. The zero-order chi connectivity index (χ0) is 16.8.